The van der Waals surface area contributed by atoms with E-state index in [1.165, 1.54) is 18.9 Å². The second-order valence-corrected chi connectivity index (χ2v) is 4.90. The maximum Gasteiger partial charge on any atom is 0.123 e. The monoisotopic (exact) mass is 272 g/mol. The summed E-state index contributed by atoms with van der Waals surface area (Å²) in [7, 11) is 0. The van der Waals surface area contributed by atoms with Crippen LogP contribution in [0.5, 0.6) is 0 Å². The van der Waals surface area contributed by atoms with Crippen LogP contribution < -0.4 is 11.3 Å². The van der Waals surface area contributed by atoms with Crippen molar-refractivity contribution in [3.8, 4) is 0 Å². The molecule has 1 fully saturated rings. The van der Waals surface area contributed by atoms with E-state index in [1.807, 2.05) is 0 Å². The standard InChI is InChI=1S/C11H14BrFN2/c12-10-4-3-9(13)5-8(10)6-11(15-14)7-1-2-7/h3-5,7,11,15H,1-2,6,14H2. The van der Waals surface area contributed by atoms with Crippen LogP contribution in [-0.2, 0) is 6.42 Å². The van der Waals surface area contributed by atoms with Gasteiger partial charge in [-0.3, -0.25) is 11.3 Å². The molecule has 0 aliphatic heterocycles. The molecule has 82 valence electrons. The van der Waals surface area contributed by atoms with Crippen molar-refractivity contribution < 1.29 is 4.39 Å². The van der Waals surface area contributed by atoms with Crippen LogP contribution in [0.3, 0.4) is 0 Å². The molecular formula is C11H14BrFN2. The number of halogens is 2. The Hall–Kier alpha value is -0.450. The highest BCUT2D eigenvalue weighted by atomic mass is 79.9. The van der Waals surface area contributed by atoms with Gasteiger partial charge in [-0.05, 0) is 48.9 Å². The molecule has 1 saturated carbocycles. The molecule has 0 bridgehead atoms. The molecule has 2 nitrogen and oxygen atoms in total. The van der Waals surface area contributed by atoms with Gasteiger partial charge in [0, 0.05) is 10.5 Å². The predicted octanol–water partition coefficient (Wildman–Crippen LogP) is 2.37. The summed E-state index contributed by atoms with van der Waals surface area (Å²) in [5.74, 6) is 5.95. The topological polar surface area (TPSA) is 38.0 Å². The molecular weight excluding hydrogens is 259 g/mol. The highest BCUT2D eigenvalue weighted by Gasteiger charge is 2.30. The summed E-state index contributed by atoms with van der Waals surface area (Å²) < 4.78 is 14.0. The lowest BCUT2D eigenvalue weighted by molar-refractivity contribution is 0.470. The Morgan fingerprint density at radius 3 is 2.87 bits per heavy atom. The van der Waals surface area contributed by atoms with E-state index in [2.05, 4.69) is 21.4 Å². The third kappa shape index (κ3) is 2.77. The number of benzene rings is 1. The van der Waals surface area contributed by atoms with Gasteiger partial charge in [-0.1, -0.05) is 15.9 Å². The van der Waals surface area contributed by atoms with E-state index in [-0.39, 0.29) is 11.9 Å². The first-order valence-electron chi connectivity index (χ1n) is 5.10. The lowest BCUT2D eigenvalue weighted by atomic mass is 10.0. The number of nitrogens with one attached hydrogen (secondary N) is 1. The summed E-state index contributed by atoms with van der Waals surface area (Å²) >= 11 is 3.42. The minimum atomic E-state index is -0.195. The maximum atomic E-state index is 13.0. The van der Waals surface area contributed by atoms with Crippen LogP contribution in [0.15, 0.2) is 22.7 Å². The molecule has 1 aliphatic carbocycles. The molecule has 0 aromatic heterocycles. The minimum absolute atomic E-state index is 0.195. The second kappa shape index (κ2) is 4.60. The first kappa shape index (κ1) is 11.0. The Bertz CT molecular complexity index is 352. The SMILES string of the molecule is NNC(Cc1cc(F)ccc1Br)C1CC1. The Morgan fingerprint density at radius 2 is 2.27 bits per heavy atom. The zero-order chi connectivity index (χ0) is 10.8. The number of hydrogen-bond acceptors (Lipinski definition) is 2. The fourth-order valence-corrected chi connectivity index (χ4v) is 2.21. The second-order valence-electron chi connectivity index (χ2n) is 4.05. The smallest absolute Gasteiger partial charge is 0.123 e. The van der Waals surface area contributed by atoms with E-state index < -0.39 is 0 Å². The highest BCUT2D eigenvalue weighted by Crippen LogP contribution is 2.34. The van der Waals surface area contributed by atoms with Crippen molar-refractivity contribution in [3.05, 3.63) is 34.1 Å². The molecule has 15 heavy (non-hydrogen) atoms. The van der Waals surface area contributed by atoms with Crippen molar-refractivity contribution in [1.29, 1.82) is 0 Å². The third-order valence-electron chi connectivity index (χ3n) is 2.85. The Morgan fingerprint density at radius 1 is 1.53 bits per heavy atom. The van der Waals surface area contributed by atoms with Crippen LogP contribution in [-0.4, -0.2) is 6.04 Å². The first-order valence-corrected chi connectivity index (χ1v) is 5.90. The number of hydrogen-bond donors (Lipinski definition) is 2. The van der Waals surface area contributed by atoms with Crippen LogP contribution in [0.2, 0.25) is 0 Å². The van der Waals surface area contributed by atoms with Crippen LogP contribution in [0, 0.1) is 11.7 Å². The van der Waals surface area contributed by atoms with Gasteiger partial charge in [0.2, 0.25) is 0 Å². The van der Waals surface area contributed by atoms with Crippen LogP contribution >= 0.6 is 15.9 Å². The van der Waals surface area contributed by atoms with Crippen molar-refractivity contribution in [1.82, 2.24) is 5.43 Å². The summed E-state index contributed by atoms with van der Waals surface area (Å²) in [6.45, 7) is 0. The molecule has 0 spiro atoms. The van der Waals surface area contributed by atoms with Gasteiger partial charge in [0.05, 0.1) is 0 Å². The quantitative estimate of drug-likeness (QED) is 0.653. The fraction of sp³-hybridized carbons (Fsp3) is 0.455. The molecule has 1 aromatic rings. The Labute approximate surface area is 97.1 Å². The van der Waals surface area contributed by atoms with Gasteiger partial charge in [0.25, 0.3) is 0 Å². The van der Waals surface area contributed by atoms with Gasteiger partial charge in [0.1, 0.15) is 5.82 Å². The number of rotatable bonds is 4. The van der Waals surface area contributed by atoms with Gasteiger partial charge in [0.15, 0.2) is 0 Å². The zero-order valence-electron chi connectivity index (χ0n) is 8.34. The normalized spacial score (nSPS) is 17.8. The Balaban J connectivity index is 2.11. The largest absolute Gasteiger partial charge is 0.271 e. The van der Waals surface area contributed by atoms with Gasteiger partial charge in [-0.15, -0.1) is 0 Å². The van der Waals surface area contributed by atoms with Crippen molar-refractivity contribution in [2.75, 3.05) is 0 Å². The van der Waals surface area contributed by atoms with E-state index in [0.29, 0.717) is 5.92 Å². The summed E-state index contributed by atoms with van der Waals surface area (Å²) in [5.41, 5.74) is 3.79. The molecule has 4 heteroatoms. The third-order valence-corrected chi connectivity index (χ3v) is 3.63. The lowest BCUT2D eigenvalue weighted by Gasteiger charge is -2.15. The van der Waals surface area contributed by atoms with E-state index in [4.69, 9.17) is 5.84 Å². The number of nitrogens with two attached hydrogens (primary N) is 1. The Kier molecular flexibility index (Phi) is 3.38. The molecule has 1 unspecified atom stereocenters. The summed E-state index contributed by atoms with van der Waals surface area (Å²) in [4.78, 5) is 0. The van der Waals surface area contributed by atoms with Gasteiger partial charge < -0.3 is 0 Å². The summed E-state index contributed by atoms with van der Waals surface area (Å²) in [5, 5.41) is 0. The molecule has 0 saturated heterocycles. The molecule has 2 rings (SSSR count). The molecule has 3 N–H and O–H groups in total. The predicted molar refractivity (Wildman–Crippen MR) is 61.6 cm³/mol. The lowest BCUT2D eigenvalue weighted by Crippen LogP contribution is -2.38. The summed E-state index contributed by atoms with van der Waals surface area (Å²) in [6.07, 6.45) is 3.23. The molecule has 0 heterocycles. The van der Waals surface area contributed by atoms with E-state index in [0.717, 1.165) is 16.5 Å². The van der Waals surface area contributed by atoms with Crippen molar-refractivity contribution in [3.63, 3.8) is 0 Å². The van der Waals surface area contributed by atoms with E-state index in [9.17, 15) is 4.39 Å². The van der Waals surface area contributed by atoms with Gasteiger partial charge in [-0.25, -0.2) is 4.39 Å². The maximum absolute atomic E-state index is 13.0. The minimum Gasteiger partial charge on any atom is -0.271 e. The average Bonchev–Trinajstić information content (AvgIpc) is 3.03. The first-order chi connectivity index (χ1) is 7.20. The van der Waals surface area contributed by atoms with Crippen molar-refractivity contribution >= 4 is 15.9 Å². The van der Waals surface area contributed by atoms with Gasteiger partial charge >= 0.3 is 0 Å². The van der Waals surface area contributed by atoms with Crippen molar-refractivity contribution in [2.45, 2.75) is 25.3 Å². The summed E-state index contributed by atoms with van der Waals surface area (Å²) in [6, 6.07) is 5.03. The van der Waals surface area contributed by atoms with Crippen molar-refractivity contribution in [2.24, 2.45) is 11.8 Å². The molecule has 1 atom stereocenters. The molecule has 0 radical (unpaired) electrons. The van der Waals surface area contributed by atoms with Crippen LogP contribution in [0.1, 0.15) is 18.4 Å². The highest BCUT2D eigenvalue weighted by molar-refractivity contribution is 9.10. The van der Waals surface area contributed by atoms with Crippen LogP contribution in [0.25, 0.3) is 0 Å². The van der Waals surface area contributed by atoms with Crippen LogP contribution in [0.4, 0.5) is 4.39 Å². The fourth-order valence-electron chi connectivity index (χ4n) is 1.80. The zero-order valence-corrected chi connectivity index (χ0v) is 9.93. The molecule has 1 aromatic carbocycles. The average molecular weight is 273 g/mol. The number of hydrazine groups is 1. The molecule has 0 amide bonds. The molecule has 1 aliphatic rings. The van der Waals surface area contributed by atoms with E-state index >= 15 is 0 Å². The van der Waals surface area contributed by atoms with E-state index in [1.54, 1.807) is 12.1 Å². The van der Waals surface area contributed by atoms with Gasteiger partial charge in [-0.2, -0.15) is 0 Å².